The first-order valence-corrected chi connectivity index (χ1v) is 6.46. The molecule has 1 nitrogen and oxygen atoms in total. The van der Waals surface area contributed by atoms with Gasteiger partial charge >= 0.3 is 0 Å². The quantitative estimate of drug-likeness (QED) is 0.706. The molecule has 2 aliphatic carbocycles. The predicted octanol–water partition coefficient (Wildman–Crippen LogP) is 3.05. The molecule has 1 saturated carbocycles. The van der Waals surface area contributed by atoms with Crippen LogP contribution in [0.25, 0.3) is 0 Å². The Hall–Kier alpha value is -0.820. The normalized spacial score (nSPS) is 37.6. The second-order valence-corrected chi connectivity index (χ2v) is 5.75. The number of hydrogen-bond donors (Lipinski definition) is 1. The van der Waals surface area contributed by atoms with Gasteiger partial charge in [-0.15, -0.1) is 0 Å². The molecule has 0 aromatic heterocycles. The van der Waals surface area contributed by atoms with Crippen LogP contribution in [0.2, 0.25) is 0 Å². The molecule has 3 rings (SSSR count). The lowest BCUT2D eigenvalue weighted by atomic mass is 9.58. The molecule has 86 valence electrons. The standard InChI is InChI=1S/C15H20O/c1-15-10-13(16)9-8-12(15)7-6-11-4-2-3-5-14(11)15/h2-5,12-13,16H,6-10H2,1H3/t12-,13+,15+/m1/s1. The Morgan fingerprint density at radius 2 is 2.00 bits per heavy atom. The van der Waals surface area contributed by atoms with Crippen LogP contribution in [-0.2, 0) is 11.8 Å². The molecule has 0 bridgehead atoms. The lowest BCUT2D eigenvalue weighted by Gasteiger charge is -2.48. The van der Waals surface area contributed by atoms with Crippen molar-refractivity contribution in [2.75, 3.05) is 0 Å². The van der Waals surface area contributed by atoms with Crippen molar-refractivity contribution in [1.82, 2.24) is 0 Å². The molecule has 0 amide bonds. The molecule has 0 unspecified atom stereocenters. The van der Waals surface area contributed by atoms with Gasteiger partial charge in [-0.25, -0.2) is 0 Å². The van der Waals surface area contributed by atoms with Crippen LogP contribution in [0, 0.1) is 5.92 Å². The molecule has 2 aliphatic rings. The third-order valence-corrected chi connectivity index (χ3v) is 4.80. The second kappa shape index (κ2) is 3.59. The van der Waals surface area contributed by atoms with E-state index >= 15 is 0 Å². The Morgan fingerprint density at radius 1 is 1.19 bits per heavy atom. The zero-order chi connectivity index (χ0) is 11.2. The van der Waals surface area contributed by atoms with Crippen LogP contribution in [-0.4, -0.2) is 11.2 Å². The van der Waals surface area contributed by atoms with Crippen LogP contribution in [0.4, 0.5) is 0 Å². The first-order valence-electron chi connectivity index (χ1n) is 6.46. The van der Waals surface area contributed by atoms with Gasteiger partial charge in [0.2, 0.25) is 0 Å². The predicted molar refractivity (Wildman–Crippen MR) is 65.5 cm³/mol. The summed E-state index contributed by atoms with van der Waals surface area (Å²) in [5, 5.41) is 9.94. The molecule has 0 spiro atoms. The summed E-state index contributed by atoms with van der Waals surface area (Å²) in [5.41, 5.74) is 3.24. The van der Waals surface area contributed by atoms with Gasteiger partial charge in [0.1, 0.15) is 0 Å². The minimum Gasteiger partial charge on any atom is -0.393 e. The first-order chi connectivity index (χ1) is 7.70. The molecule has 1 fully saturated rings. The lowest BCUT2D eigenvalue weighted by molar-refractivity contribution is 0.0470. The summed E-state index contributed by atoms with van der Waals surface area (Å²) >= 11 is 0. The van der Waals surface area contributed by atoms with Crippen molar-refractivity contribution in [2.45, 2.75) is 50.5 Å². The van der Waals surface area contributed by atoms with E-state index in [0.717, 1.165) is 18.8 Å². The minimum atomic E-state index is -0.0904. The van der Waals surface area contributed by atoms with Crippen molar-refractivity contribution >= 4 is 0 Å². The van der Waals surface area contributed by atoms with E-state index in [-0.39, 0.29) is 11.5 Å². The Bertz CT molecular complexity index is 398. The smallest absolute Gasteiger partial charge is 0.0548 e. The summed E-state index contributed by atoms with van der Waals surface area (Å²) < 4.78 is 0. The zero-order valence-electron chi connectivity index (χ0n) is 9.95. The largest absolute Gasteiger partial charge is 0.393 e. The van der Waals surface area contributed by atoms with Gasteiger partial charge < -0.3 is 5.11 Å². The van der Waals surface area contributed by atoms with Crippen LogP contribution in [0.1, 0.15) is 43.7 Å². The van der Waals surface area contributed by atoms with Crippen LogP contribution in [0.15, 0.2) is 24.3 Å². The van der Waals surface area contributed by atoms with E-state index in [4.69, 9.17) is 0 Å². The summed E-state index contributed by atoms with van der Waals surface area (Å²) in [6.45, 7) is 2.36. The molecule has 0 saturated heterocycles. The van der Waals surface area contributed by atoms with E-state index in [0.29, 0.717) is 0 Å². The summed E-state index contributed by atoms with van der Waals surface area (Å²) in [7, 11) is 0. The summed E-state index contributed by atoms with van der Waals surface area (Å²) in [5.74, 6) is 0.783. The molecule has 1 N–H and O–H groups in total. The maximum Gasteiger partial charge on any atom is 0.0548 e. The van der Waals surface area contributed by atoms with Crippen molar-refractivity contribution in [3.63, 3.8) is 0 Å². The molecule has 1 heteroatoms. The third-order valence-electron chi connectivity index (χ3n) is 4.80. The zero-order valence-corrected chi connectivity index (χ0v) is 9.95. The van der Waals surface area contributed by atoms with Crippen LogP contribution < -0.4 is 0 Å². The van der Waals surface area contributed by atoms with Crippen molar-refractivity contribution in [1.29, 1.82) is 0 Å². The number of aliphatic hydroxyl groups excluding tert-OH is 1. The minimum absolute atomic E-state index is 0.0904. The highest BCUT2D eigenvalue weighted by Gasteiger charge is 2.43. The highest BCUT2D eigenvalue weighted by atomic mass is 16.3. The molecule has 0 heterocycles. The van der Waals surface area contributed by atoms with E-state index in [1.165, 1.54) is 30.4 Å². The maximum absolute atomic E-state index is 9.94. The first kappa shape index (κ1) is 10.3. The topological polar surface area (TPSA) is 20.2 Å². The van der Waals surface area contributed by atoms with Crippen molar-refractivity contribution in [3.8, 4) is 0 Å². The number of aryl methyl sites for hydroxylation is 1. The highest BCUT2D eigenvalue weighted by Crippen LogP contribution is 2.49. The van der Waals surface area contributed by atoms with E-state index in [1.807, 2.05) is 0 Å². The second-order valence-electron chi connectivity index (χ2n) is 5.75. The number of aliphatic hydroxyl groups is 1. The molecule has 0 radical (unpaired) electrons. The van der Waals surface area contributed by atoms with E-state index in [1.54, 1.807) is 0 Å². The monoisotopic (exact) mass is 216 g/mol. The number of benzene rings is 1. The fourth-order valence-corrected chi connectivity index (χ4v) is 3.89. The van der Waals surface area contributed by atoms with Crippen molar-refractivity contribution < 1.29 is 5.11 Å². The highest BCUT2D eigenvalue weighted by molar-refractivity contribution is 5.37. The number of hydrogen-bond acceptors (Lipinski definition) is 1. The molecule has 3 atom stereocenters. The van der Waals surface area contributed by atoms with Gasteiger partial charge in [-0.05, 0) is 54.6 Å². The summed E-state index contributed by atoms with van der Waals surface area (Å²) in [4.78, 5) is 0. The SMILES string of the molecule is C[C@]12C[C@@H](O)CC[C@H]1CCc1ccccc12. The molecular formula is C15H20O. The fourth-order valence-electron chi connectivity index (χ4n) is 3.89. The Balaban J connectivity index is 2.07. The average Bonchev–Trinajstić information content (AvgIpc) is 2.28. The van der Waals surface area contributed by atoms with Gasteiger partial charge in [-0.2, -0.15) is 0 Å². The van der Waals surface area contributed by atoms with Gasteiger partial charge in [0.05, 0.1) is 6.10 Å². The van der Waals surface area contributed by atoms with Crippen molar-refractivity contribution in [2.24, 2.45) is 5.92 Å². The van der Waals surface area contributed by atoms with Crippen LogP contribution in [0.5, 0.6) is 0 Å². The Morgan fingerprint density at radius 3 is 2.88 bits per heavy atom. The van der Waals surface area contributed by atoms with E-state index in [2.05, 4.69) is 31.2 Å². The lowest BCUT2D eigenvalue weighted by Crippen LogP contribution is -2.43. The van der Waals surface area contributed by atoms with Crippen LogP contribution >= 0.6 is 0 Å². The molecular weight excluding hydrogens is 196 g/mol. The van der Waals surface area contributed by atoms with Gasteiger partial charge in [-0.1, -0.05) is 31.2 Å². The number of fused-ring (bicyclic) bond motifs is 3. The Labute approximate surface area is 97.5 Å². The Kier molecular flexibility index (Phi) is 2.32. The average molecular weight is 216 g/mol. The van der Waals surface area contributed by atoms with Gasteiger partial charge in [0, 0.05) is 0 Å². The third kappa shape index (κ3) is 1.41. The molecule has 1 aromatic rings. The fraction of sp³-hybridized carbons (Fsp3) is 0.600. The molecule has 0 aliphatic heterocycles. The van der Waals surface area contributed by atoms with Gasteiger partial charge in [-0.3, -0.25) is 0 Å². The molecule has 1 aromatic carbocycles. The van der Waals surface area contributed by atoms with E-state index < -0.39 is 0 Å². The van der Waals surface area contributed by atoms with E-state index in [9.17, 15) is 5.11 Å². The number of rotatable bonds is 0. The van der Waals surface area contributed by atoms with Crippen LogP contribution in [0.3, 0.4) is 0 Å². The maximum atomic E-state index is 9.94. The molecule has 16 heavy (non-hydrogen) atoms. The summed E-state index contributed by atoms with van der Waals surface area (Å²) in [6.07, 6.45) is 5.60. The van der Waals surface area contributed by atoms with Gasteiger partial charge in [0.15, 0.2) is 0 Å². The van der Waals surface area contributed by atoms with Gasteiger partial charge in [0.25, 0.3) is 0 Å². The van der Waals surface area contributed by atoms with Crippen molar-refractivity contribution in [3.05, 3.63) is 35.4 Å². The summed E-state index contributed by atoms with van der Waals surface area (Å²) in [6, 6.07) is 8.83.